The highest BCUT2D eigenvalue weighted by Crippen LogP contribution is 2.19. The highest BCUT2D eigenvalue weighted by atomic mass is 127. The Balaban J connectivity index is 2.04. The van der Waals surface area contributed by atoms with Crippen molar-refractivity contribution in [3.63, 3.8) is 0 Å². The number of halogens is 2. The maximum atomic E-state index is 13.0. The highest BCUT2D eigenvalue weighted by molar-refractivity contribution is 14.1. The Kier molecular flexibility index (Phi) is 4.57. The summed E-state index contributed by atoms with van der Waals surface area (Å²) in [6.45, 7) is 3.74. The van der Waals surface area contributed by atoms with Gasteiger partial charge in [0.2, 0.25) is 0 Å². The van der Waals surface area contributed by atoms with Gasteiger partial charge in [0.05, 0.1) is 12.2 Å². The van der Waals surface area contributed by atoms with Crippen molar-refractivity contribution in [2.45, 2.75) is 26.4 Å². The summed E-state index contributed by atoms with van der Waals surface area (Å²) in [4.78, 5) is 0. The molecule has 0 fully saturated rings. The first-order chi connectivity index (χ1) is 8.70. The molecule has 1 aromatic heterocycles. The summed E-state index contributed by atoms with van der Waals surface area (Å²) in [7, 11) is 0. The minimum Gasteiger partial charge on any atom is -0.379 e. The summed E-state index contributed by atoms with van der Waals surface area (Å²) < 4.78 is 15.9. The minimum atomic E-state index is -0.207. The summed E-state index contributed by atoms with van der Waals surface area (Å²) in [6, 6.07) is 6.75. The van der Waals surface area contributed by atoms with E-state index in [1.165, 1.54) is 12.1 Å². The van der Waals surface area contributed by atoms with Crippen molar-refractivity contribution in [3.8, 4) is 0 Å². The van der Waals surface area contributed by atoms with Crippen molar-refractivity contribution in [2.24, 2.45) is 0 Å². The van der Waals surface area contributed by atoms with Crippen LogP contribution in [0.4, 0.5) is 10.1 Å². The first kappa shape index (κ1) is 13.3. The molecular formula is C13H15FIN3. The lowest BCUT2D eigenvalue weighted by atomic mass is 10.3. The number of aromatic nitrogens is 2. The van der Waals surface area contributed by atoms with E-state index in [1.54, 1.807) is 6.07 Å². The van der Waals surface area contributed by atoms with Crippen molar-refractivity contribution in [1.29, 1.82) is 0 Å². The number of aryl methyl sites for hydroxylation is 1. The quantitative estimate of drug-likeness (QED) is 0.826. The van der Waals surface area contributed by atoms with E-state index in [2.05, 4.69) is 39.9 Å². The van der Waals surface area contributed by atoms with Gasteiger partial charge in [-0.1, -0.05) is 6.92 Å². The van der Waals surface area contributed by atoms with E-state index >= 15 is 0 Å². The maximum Gasteiger partial charge on any atom is 0.124 e. The Labute approximate surface area is 120 Å². The van der Waals surface area contributed by atoms with E-state index in [9.17, 15) is 4.39 Å². The lowest BCUT2D eigenvalue weighted by Crippen LogP contribution is -2.09. The van der Waals surface area contributed by atoms with Crippen LogP contribution < -0.4 is 5.32 Å². The molecule has 0 aliphatic rings. The van der Waals surface area contributed by atoms with E-state index in [4.69, 9.17) is 0 Å². The number of benzene rings is 1. The average molecular weight is 359 g/mol. The molecule has 2 rings (SSSR count). The molecule has 1 N–H and O–H groups in total. The fourth-order valence-electron chi connectivity index (χ4n) is 1.74. The predicted octanol–water partition coefficient (Wildman–Crippen LogP) is 3.65. The Morgan fingerprint density at radius 2 is 2.22 bits per heavy atom. The number of hydrogen-bond acceptors (Lipinski definition) is 2. The van der Waals surface area contributed by atoms with E-state index < -0.39 is 0 Å². The van der Waals surface area contributed by atoms with Crippen LogP contribution in [0.2, 0.25) is 0 Å². The van der Waals surface area contributed by atoms with Gasteiger partial charge in [0.25, 0.3) is 0 Å². The second-order valence-electron chi connectivity index (χ2n) is 4.02. The average Bonchev–Trinajstić information content (AvgIpc) is 2.76. The largest absolute Gasteiger partial charge is 0.379 e. The molecule has 0 aliphatic heterocycles. The summed E-state index contributed by atoms with van der Waals surface area (Å²) in [6.07, 6.45) is 2.87. The summed E-state index contributed by atoms with van der Waals surface area (Å²) in [5.41, 5.74) is 2.08. The van der Waals surface area contributed by atoms with Crippen LogP contribution in [0.25, 0.3) is 0 Å². The lowest BCUT2D eigenvalue weighted by Gasteiger charge is -2.10. The van der Waals surface area contributed by atoms with Crippen molar-refractivity contribution in [2.75, 3.05) is 5.32 Å². The molecular weight excluding hydrogens is 344 g/mol. The fraction of sp³-hybridized carbons (Fsp3) is 0.308. The van der Waals surface area contributed by atoms with Gasteiger partial charge in [-0.2, -0.15) is 5.10 Å². The molecule has 0 spiro atoms. The van der Waals surface area contributed by atoms with Crippen LogP contribution in [0.3, 0.4) is 0 Å². The Morgan fingerprint density at radius 3 is 2.94 bits per heavy atom. The van der Waals surface area contributed by atoms with Gasteiger partial charge in [0.15, 0.2) is 0 Å². The number of nitrogens with one attached hydrogen (secondary N) is 1. The zero-order valence-corrected chi connectivity index (χ0v) is 12.3. The third kappa shape index (κ3) is 3.22. The molecule has 18 heavy (non-hydrogen) atoms. The Morgan fingerprint density at radius 1 is 1.39 bits per heavy atom. The van der Waals surface area contributed by atoms with E-state index in [0.29, 0.717) is 6.54 Å². The number of anilines is 1. The van der Waals surface area contributed by atoms with Gasteiger partial charge < -0.3 is 5.32 Å². The SMILES string of the molecule is CCCn1nccc1CNc1ccc(F)cc1I. The second-order valence-corrected chi connectivity index (χ2v) is 5.19. The molecule has 0 radical (unpaired) electrons. The van der Waals surface area contributed by atoms with Crippen molar-refractivity contribution >= 4 is 28.3 Å². The van der Waals surface area contributed by atoms with Gasteiger partial charge in [0, 0.05) is 22.0 Å². The van der Waals surface area contributed by atoms with Gasteiger partial charge in [-0.15, -0.1) is 0 Å². The van der Waals surface area contributed by atoms with E-state index in [-0.39, 0.29) is 5.82 Å². The molecule has 0 saturated carbocycles. The Hall–Kier alpha value is -1.11. The van der Waals surface area contributed by atoms with Crippen LogP contribution in [-0.2, 0) is 13.1 Å². The second kappa shape index (κ2) is 6.17. The molecule has 0 amide bonds. The first-order valence-corrected chi connectivity index (χ1v) is 6.98. The molecule has 96 valence electrons. The van der Waals surface area contributed by atoms with Crippen LogP contribution in [0.15, 0.2) is 30.5 Å². The van der Waals surface area contributed by atoms with Gasteiger partial charge in [-0.05, 0) is 53.3 Å². The molecule has 2 aromatic rings. The molecule has 5 heteroatoms. The van der Waals surface area contributed by atoms with Crippen molar-refractivity contribution in [1.82, 2.24) is 9.78 Å². The normalized spacial score (nSPS) is 10.6. The van der Waals surface area contributed by atoms with Crippen molar-refractivity contribution in [3.05, 3.63) is 45.5 Å². The molecule has 0 saturated heterocycles. The lowest BCUT2D eigenvalue weighted by molar-refractivity contribution is 0.578. The first-order valence-electron chi connectivity index (χ1n) is 5.90. The monoisotopic (exact) mass is 359 g/mol. The summed E-state index contributed by atoms with van der Waals surface area (Å²) in [5, 5.41) is 7.58. The topological polar surface area (TPSA) is 29.9 Å². The molecule has 0 unspecified atom stereocenters. The predicted molar refractivity (Wildman–Crippen MR) is 79.0 cm³/mol. The van der Waals surface area contributed by atoms with Crippen molar-refractivity contribution < 1.29 is 4.39 Å². The molecule has 1 heterocycles. The molecule has 0 aliphatic carbocycles. The van der Waals surface area contributed by atoms with Gasteiger partial charge in [0.1, 0.15) is 5.82 Å². The van der Waals surface area contributed by atoms with Gasteiger partial charge in [-0.3, -0.25) is 4.68 Å². The van der Waals surface area contributed by atoms with E-state index in [1.807, 2.05) is 16.9 Å². The fourth-order valence-corrected chi connectivity index (χ4v) is 2.41. The van der Waals surface area contributed by atoms with Crippen LogP contribution in [0.1, 0.15) is 19.0 Å². The summed E-state index contributed by atoms with van der Waals surface area (Å²) >= 11 is 2.13. The molecule has 0 bridgehead atoms. The standard InChI is InChI=1S/C13H15FIN3/c1-2-7-18-11(5-6-17-18)9-16-13-4-3-10(14)8-12(13)15/h3-6,8,16H,2,7,9H2,1H3. The highest BCUT2D eigenvalue weighted by Gasteiger charge is 2.04. The van der Waals surface area contributed by atoms with Gasteiger partial charge >= 0.3 is 0 Å². The van der Waals surface area contributed by atoms with Crippen LogP contribution in [0.5, 0.6) is 0 Å². The smallest absolute Gasteiger partial charge is 0.124 e. The van der Waals surface area contributed by atoms with Gasteiger partial charge in [-0.25, -0.2) is 4.39 Å². The third-order valence-corrected chi connectivity index (χ3v) is 3.52. The molecule has 3 nitrogen and oxygen atoms in total. The number of rotatable bonds is 5. The Bertz CT molecular complexity index is 525. The zero-order chi connectivity index (χ0) is 13.0. The zero-order valence-electron chi connectivity index (χ0n) is 10.2. The van der Waals surface area contributed by atoms with Crippen LogP contribution >= 0.6 is 22.6 Å². The molecule has 1 aromatic carbocycles. The summed E-state index contributed by atoms with van der Waals surface area (Å²) in [5.74, 6) is -0.207. The van der Waals surface area contributed by atoms with Crippen LogP contribution in [-0.4, -0.2) is 9.78 Å². The number of nitrogens with zero attached hydrogens (tertiary/aromatic N) is 2. The minimum absolute atomic E-state index is 0.207. The third-order valence-electron chi connectivity index (χ3n) is 2.63. The van der Waals surface area contributed by atoms with E-state index in [0.717, 1.165) is 27.9 Å². The number of hydrogen-bond donors (Lipinski definition) is 1. The molecule has 0 atom stereocenters. The maximum absolute atomic E-state index is 13.0. The van der Waals surface area contributed by atoms with Crippen LogP contribution in [0, 0.1) is 9.39 Å².